The number of nitrogens with zero attached hydrogens (tertiary/aromatic N) is 2. The molecule has 8 rings (SSSR count). The Bertz CT molecular complexity index is 2100. The smallest absolute Gasteiger partial charge is 0.239 e. The van der Waals surface area contributed by atoms with Crippen LogP contribution >= 0.6 is 0 Å². The minimum absolute atomic E-state index is 0.0178. The maximum atomic E-state index is 14.8. The van der Waals surface area contributed by atoms with Crippen LogP contribution in [0.1, 0.15) is 104 Å². The Balaban J connectivity index is 1.33. The Morgan fingerprint density at radius 1 is 0.968 bits per heavy atom. The molecule has 0 radical (unpaired) electrons. The van der Waals surface area contributed by atoms with E-state index in [9.17, 15) is 24.2 Å². The van der Waals surface area contributed by atoms with Crippen molar-refractivity contribution in [1.29, 1.82) is 0 Å². The maximum Gasteiger partial charge on any atom is 0.239 e. The molecule has 2 aliphatic heterocycles. The molecule has 3 fully saturated rings. The van der Waals surface area contributed by atoms with E-state index in [1.165, 1.54) is 12.1 Å². The summed E-state index contributed by atoms with van der Waals surface area (Å²) < 4.78 is 41.3. The summed E-state index contributed by atoms with van der Waals surface area (Å²) >= 11 is 0. The van der Waals surface area contributed by atoms with E-state index in [4.69, 9.17) is 28.9 Å². The molecule has 11 nitrogen and oxygen atoms in total. The number of fused-ring (bicyclic) bond motifs is 2. The number of allylic oxidation sites excluding steroid dienone is 1. The first-order valence-corrected chi connectivity index (χ1v) is 22.5. The largest absolute Gasteiger partial charge is 0.459 e. The van der Waals surface area contributed by atoms with Crippen LogP contribution in [-0.4, -0.2) is 77.6 Å². The Hall–Kier alpha value is -4.88. The van der Waals surface area contributed by atoms with Crippen LogP contribution in [0.2, 0.25) is 0 Å². The molecule has 3 aromatic carbocycles. The van der Waals surface area contributed by atoms with Gasteiger partial charge in [-0.3, -0.25) is 9.59 Å². The molecule has 3 aromatic rings. The summed E-state index contributed by atoms with van der Waals surface area (Å²) in [5.41, 5.74) is 3.80. The van der Waals surface area contributed by atoms with Crippen molar-refractivity contribution < 1.29 is 48.0 Å². The van der Waals surface area contributed by atoms with Gasteiger partial charge in [-0.25, -0.2) is 4.39 Å². The van der Waals surface area contributed by atoms with Crippen molar-refractivity contribution in [1.82, 2.24) is 4.90 Å². The van der Waals surface area contributed by atoms with E-state index in [2.05, 4.69) is 12.7 Å². The van der Waals surface area contributed by atoms with Gasteiger partial charge < -0.3 is 38.9 Å². The van der Waals surface area contributed by atoms with Gasteiger partial charge in [0.2, 0.25) is 18.0 Å². The quantitative estimate of drug-likeness (QED) is 0.0494. The topological polar surface area (TPSA) is 136 Å². The normalized spacial score (nSPS) is 27.0. The number of rotatable bonds is 20. The van der Waals surface area contributed by atoms with Crippen LogP contribution in [-0.2, 0) is 25.7 Å². The van der Waals surface area contributed by atoms with Crippen molar-refractivity contribution in [2.45, 2.75) is 108 Å². The van der Waals surface area contributed by atoms with Gasteiger partial charge in [0.15, 0.2) is 0 Å². The van der Waals surface area contributed by atoms with Crippen LogP contribution in [0, 0.1) is 29.5 Å². The second-order valence-corrected chi connectivity index (χ2v) is 17.3. The average molecular weight is 851 g/mol. The third-order valence-corrected chi connectivity index (χ3v) is 13.1. The Labute approximate surface area is 363 Å². The molecular formula is C50H59FN2O9. The summed E-state index contributed by atoms with van der Waals surface area (Å²) in [6, 6.07) is 18.3. The number of carbonyl (C=O) groups excluding carboxylic acids is 2. The predicted octanol–water partition coefficient (Wildman–Crippen LogP) is 9.03. The van der Waals surface area contributed by atoms with Crippen molar-refractivity contribution in [3.8, 4) is 17.2 Å². The zero-order chi connectivity index (χ0) is 43.1. The fraction of sp³-hybridized carbons (Fsp3) is 0.500. The van der Waals surface area contributed by atoms with E-state index in [0.29, 0.717) is 54.4 Å². The number of aldehydes is 1. The lowest BCUT2D eigenvalue weighted by Gasteiger charge is -2.60. The lowest BCUT2D eigenvalue weighted by atomic mass is 9.55. The van der Waals surface area contributed by atoms with E-state index in [-0.39, 0.29) is 68.2 Å². The fourth-order valence-electron chi connectivity index (χ4n) is 10.1. The molecular weight excluding hydrogens is 792 g/mol. The van der Waals surface area contributed by atoms with Crippen LogP contribution < -0.4 is 9.47 Å². The molecule has 12 heteroatoms. The van der Waals surface area contributed by atoms with Crippen LogP contribution in [0.25, 0.3) is 0 Å². The highest BCUT2D eigenvalue weighted by atomic mass is 19.1. The number of aliphatic hydroxyl groups excluding tert-OH is 2. The molecule has 1 saturated heterocycles. The van der Waals surface area contributed by atoms with E-state index in [1.807, 2.05) is 29.2 Å². The number of unbranched alkanes of at least 4 members (excludes halogenated alkanes) is 2. The highest BCUT2D eigenvalue weighted by Crippen LogP contribution is 2.62. The van der Waals surface area contributed by atoms with Crippen molar-refractivity contribution in [3.63, 3.8) is 0 Å². The number of hydrogen-bond acceptors (Lipinski definition) is 10. The second-order valence-electron chi connectivity index (χ2n) is 17.3. The van der Waals surface area contributed by atoms with Crippen LogP contribution in [0.15, 0.2) is 96.2 Å². The molecule has 330 valence electrons. The predicted molar refractivity (Wildman–Crippen MR) is 231 cm³/mol. The molecule has 0 spiro atoms. The van der Waals surface area contributed by atoms with E-state index >= 15 is 0 Å². The second kappa shape index (κ2) is 20.1. The molecule has 5 aliphatic rings. The van der Waals surface area contributed by atoms with Gasteiger partial charge in [-0.2, -0.15) is 0 Å². The SMILES string of the molecule is C=CCOC12Oc3ccc(Oc4cccc(C=O)c4)cc3C3C(CCCCO)C(CCCCO)C=C(C(=NOC4CCCCO4)CC1N(Cc1ccc(F)cc1)C(=O)C1CC1)C32. The van der Waals surface area contributed by atoms with Crippen molar-refractivity contribution in [3.05, 3.63) is 114 Å². The minimum Gasteiger partial charge on any atom is -0.459 e. The summed E-state index contributed by atoms with van der Waals surface area (Å²) in [6.45, 7) is 5.12. The van der Waals surface area contributed by atoms with Crippen molar-refractivity contribution >= 4 is 17.9 Å². The summed E-state index contributed by atoms with van der Waals surface area (Å²) in [5, 5.41) is 24.9. The average Bonchev–Trinajstić information content (AvgIpc) is 4.15. The molecule has 1 amide bonds. The molecule has 62 heavy (non-hydrogen) atoms. The number of ether oxygens (including phenoxy) is 4. The summed E-state index contributed by atoms with van der Waals surface area (Å²) in [7, 11) is 0. The zero-order valence-corrected chi connectivity index (χ0v) is 35.4. The number of halogens is 1. The fourth-order valence-corrected chi connectivity index (χ4v) is 10.1. The Morgan fingerprint density at radius 3 is 2.48 bits per heavy atom. The monoisotopic (exact) mass is 850 g/mol. The molecule has 0 aromatic heterocycles. The zero-order valence-electron chi connectivity index (χ0n) is 35.4. The summed E-state index contributed by atoms with van der Waals surface area (Å²) in [5.74, 6) is -0.985. The van der Waals surface area contributed by atoms with Crippen LogP contribution in [0.5, 0.6) is 17.2 Å². The first kappa shape index (κ1) is 43.8. The lowest BCUT2D eigenvalue weighted by molar-refractivity contribution is -0.258. The number of oxime groups is 1. The standard InChI is InChI=1S/C50H59FN2O9/c1-2-25-59-50-45(53(49(57)35-17-18-35)31-33-15-19-37(51)20-16-33)30-43(52-62-46-14-5-8-26-58-46)41-28-36(11-3-6-23-54)40(13-4-7-24-55)47(48(41)50)42-29-39(21-22-44(42)61-50)60-38-12-9-10-34(27-38)32-56/h2,9-10,12,15-16,19-22,27-29,32,35-36,40,45-48,54-55H,1,3-8,11,13-14,17-18,23-26,30-31H2. The number of hydrogen-bond donors (Lipinski definition) is 2. The third kappa shape index (κ3) is 9.54. The Morgan fingerprint density at radius 2 is 1.76 bits per heavy atom. The number of aliphatic hydroxyl groups is 2. The Kier molecular flexibility index (Phi) is 14.2. The first-order valence-electron chi connectivity index (χ1n) is 22.5. The summed E-state index contributed by atoms with van der Waals surface area (Å²) in [4.78, 5) is 34.6. The lowest BCUT2D eigenvalue weighted by Crippen LogP contribution is -2.70. The van der Waals surface area contributed by atoms with Gasteiger partial charge >= 0.3 is 0 Å². The van der Waals surface area contributed by atoms with E-state index in [0.717, 1.165) is 74.4 Å². The summed E-state index contributed by atoms with van der Waals surface area (Å²) in [6.07, 6.45) is 13.2. The maximum absolute atomic E-state index is 14.8. The number of carbonyl (C=O) groups is 2. The van der Waals surface area contributed by atoms with Crippen molar-refractivity contribution in [2.75, 3.05) is 26.4 Å². The van der Waals surface area contributed by atoms with Crippen LogP contribution in [0.4, 0.5) is 4.39 Å². The molecule has 2 saturated carbocycles. The molecule has 2 N–H and O–H groups in total. The van der Waals surface area contributed by atoms with Crippen LogP contribution in [0.3, 0.4) is 0 Å². The van der Waals surface area contributed by atoms with Gasteiger partial charge in [-0.05, 0) is 117 Å². The minimum atomic E-state index is -1.44. The first-order chi connectivity index (χ1) is 30.3. The highest BCUT2D eigenvalue weighted by molar-refractivity contribution is 6.03. The number of amides is 1. The third-order valence-electron chi connectivity index (χ3n) is 13.1. The van der Waals surface area contributed by atoms with Gasteiger partial charge in [0.1, 0.15) is 35.4 Å². The van der Waals surface area contributed by atoms with E-state index in [1.54, 1.807) is 36.4 Å². The molecule has 3 aliphatic carbocycles. The van der Waals surface area contributed by atoms with Gasteiger partial charge in [0.05, 0.1) is 24.8 Å². The molecule has 7 unspecified atom stereocenters. The van der Waals surface area contributed by atoms with Gasteiger partial charge in [0.25, 0.3) is 0 Å². The number of benzene rings is 3. The molecule has 0 bridgehead atoms. The van der Waals surface area contributed by atoms with Crippen molar-refractivity contribution in [2.24, 2.45) is 28.8 Å². The molecule has 7 atom stereocenters. The van der Waals surface area contributed by atoms with E-state index < -0.39 is 24.0 Å². The highest BCUT2D eigenvalue weighted by Gasteiger charge is 2.66. The van der Waals surface area contributed by atoms with Gasteiger partial charge in [-0.1, -0.05) is 54.4 Å². The molecule has 2 heterocycles. The van der Waals surface area contributed by atoms with Gasteiger partial charge in [0, 0.05) is 55.6 Å². The van der Waals surface area contributed by atoms with Gasteiger partial charge in [-0.15, -0.1) is 6.58 Å².